The van der Waals surface area contributed by atoms with E-state index in [-0.39, 0.29) is 22.7 Å². The van der Waals surface area contributed by atoms with Gasteiger partial charge in [0.1, 0.15) is 11.3 Å². The minimum atomic E-state index is -4.52. The number of halogens is 3. The van der Waals surface area contributed by atoms with Crippen LogP contribution >= 0.6 is 0 Å². The van der Waals surface area contributed by atoms with Crippen molar-refractivity contribution < 1.29 is 27.8 Å². The number of anilines is 1. The van der Waals surface area contributed by atoms with Crippen LogP contribution in [-0.2, 0) is 6.18 Å². The number of para-hydroxylation sites is 1. The molecule has 0 bridgehead atoms. The first-order valence-electron chi connectivity index (χ1n) is 5.76. The first-order chi connectivity index (χ1) is 9.79. The molecule has 0 aliphatic rings. The standard InChI is InChI=1S/C14H10F3NO3/c15-14(16,17)8-3-1-4-9(7-8)21-12-10(13(19)20)5-2-6-11(12)18/h1-7H,18H2,(H,19,20). The van der Waals surface area contributed by atoms with Crippen LogP contribution in [0.1, 0.15) is 15.9 Å². The molecule has 0 spiro atoms. The molecule has 7 heteroatoms. The van der Waals surface area contributed by atoms with E-state index in [1.807, 2.05) is 0 Å². The Labute approximate surface area is 117 Å². The lowest BCUT2D eigenvalue weighted by atomic mass is 10.1. The number of carbonyl (C=O) groups is 1. The molecule has 2 aromatic carbocycles. The molecule has 0 radical (unpaired) electrons. The Balaban J connectivity index is 2.42. The first kappa shape index (κ1) is 14.7. The zero-order chi connectivity index (χ0) is 15.6. The van der Waals surface area contributed by atoms with Gasteiger partial charge in [-0.15, -0.1) is 0 Å². The first-order valence-corrected chi connectivity index (χ1v) is 5.76. The van der Waals surface area contributed by atoms with Gasteiger partial charge in [0.05, 0.1) is 11.3 Å². The zero-order valence-corrected chi connectivity index (χ0v) is 10.5. The maximum absolute atomic E-state index is 12.6. The van der Waals surface area contributed by atoms with Crippen LogP contribution in [0.4, 0.5) is 18.9 Å². The highest BCUT2D eigenvalue weighted by Crippen LogP contribution is 2.35. The molecule has 2 rings (SSSR count). The van der Waals surface area contributed by atoms with E-state index in [1.165, 1.54) is 24.3 Å². The number of ether oxygens (including phenoxy) is 1. The fourth-order valence-electron chi connectivity index (χ4n) is 1.69. The summed E-state index contributed by atoms with van der Waals surface area (Å²) in [5, 5.41) is 9.04. The van der Waals surface area contributed by atoms with E-state index < -0.39 is 17.7 Å². The minimum absolute atomic E-state index is 0.0207. The van der Waals surface area contributed by atoms with Crippen LogP contribution in [0.3, 0.4) is 0 Å². The molecule has 4 nitrogen and oxygen atoms in total. The summed E-state index contributed by atoms with van der Waals surface area (Å²) in [5.74, 6) is -1.63. The quantitative estimate of drug-likeness (QED) is 0.846. The van der Waals surface area contributed by atoms with Gasteiger partial charge in [-0.3, -0.25) is 0 Å². The molecule has 21 heavy (non-hydrogen) atoms. The van der Waals surface area contributed by atoms with Crippen molar-refractivity contribution in [1.29, 1.82) is 0 Å². The topological polar surface area (TPSA) is 72.6 Å². The van der Waals surface area contributed by atoms with Crippen LogP contribution in [0.2, 0.25) is 0 Å². The monoisotopic (exact) mass is 297 g/mol. The second kappa shape index (κ2) is 5.35. The van der Waals surface area contributed by atoms with E-state index in [0.29, 0.717) is 0 Å². The molecule has 0 fully saturated rings. The van der Waals surface area contributed by atoms with Gasteiger partial charge < -0.3 is 15.6 Å². The smallest absolute Gasteiger partial charge is 0.416 e. The molecule has 0 atom stereocenters. The van der Waals surface area contributed by atoms with Gasteiger partial charge in [0.2, 0.25) is 0 Å². The van der Waals surface area contributed by atoms with Gasteiger partial charge in [-0.25, -0.2) is 4.79 Å². The highest BCUT2D eigenvalue weighted by Gasteiger charge is 2.30. The third-order valence-corrected chi connectivity index (χ3v) is 2.66. The molecule has 0 saturated carbocycles. The normalized spacial score (nSPS) is 11.2. The summed E-state index contributed by atoms with van der Waals surface area (Å²) in [6, 6.07) is 8.18. The molecular weight excluding hydrogens is 287 g/mol. The van der Waals surface area contributed by atoms with Gasteiger partial charge in [0.25, 0.3) is 0 Å². The van der Waals surface area contributed by atoms with Crippen LogP contribution in [0.5, 0.6) is 11.5 Å². The van der Waals surface area contributed by atoms with Crippen LogP contribution < -0.4 is 10.5 Å². The number of carboxylic acids is 1. The van der Waals surface area contributed by atoms with Crippen molar-refractivity contribution in [1.82, 2.24) is 0 Å². The summed E-state index contributed by atoms with van der Waals surface area (Å²) >= 11 is 0. The molecule has 0 unspecified atom stereocenters. The number of aromatic carboxylic acids is 1. The van der Waals surface area contributed by atoms with E-state index in [0.717, 1.165) is 18.2 Å². The summed E-state index contributed by atoms with van der Waals surface area (Å²) in [6.07, 6.45) is -4.52. The van der Waals surface area contributed by atoms with Gasteiger partial charge in [-0.2, -0.15) is 13.2 Å². The van der Waals surface area contributed by atoms with Gasteiger partial charge in [-0.05, 0) is 30.3 Å². The van der Waals surface area contributed by atoms with Crippen LogP contribution in [0.25, 0.3) is 0 Å². The van der Waals surface area contributed by atoms with Crippen LogP contribution in [-0.4, -0.2) is 11.1 Å². The van der Waals surface area contributed by atoms with Crippen molar-refractivity contribution in [2.75, 3.05) is 5.73 Å². The van der Waals surface area contributed by atoms with Gasteiger partial charge in [-0.1, -0.05) is 12.1 Å². The Hall–Kier alpha value is -2.70. The number of nitrogen functional groups attached to an aromatic ring is 1. The Morgan fingerprint density at radius 2 is 1.81 bits per heavy atom. The molecule has 0 aliphatic carbocycles. The molecular formula is C14H10F3NO3. The fourth-order valence-corrected chi connectivity index (χ4v) is 1.69. The lowest BCUT2D eigenvalue weighted by Crippen LogP contribution is -2.06. The Kier molecular flexibility index (Phi) is 3.75. The van der Waals surface area contributed by atoms with Crippen molar-refractivity contribution in [3.63, 3.8) is 0 Å². The highest BCUT2D eigenvalue weighted by atomic mass is 19.4. The molecule has 0 saturated heterocycles. The number of alkyl halides is 3. The largest absolute Gasteiger partial charge is 0.478 e. The Morgan fingerprint density at radius 3 is 2.43 bits per heavy atom. The van der Waals surface area contributed by atoms with E-state index in [9.17, 15) is 18.0 Å². The van der Waals surface area contributed by atoms with Crippen molar-refractivity contribution >= 4 is 11.7 Å². The molecule has 0 aliphatic heterocycles. The highest BCUT2D eigenvalue weighted by molar-refractivity contribution is 5.93. The van der Waals surface area contributed by atoms with Gasteiger partial charge in [0, 0.05) is 0 Å². The van der Waals surface area contributed by atoms with Crippen LogP contribution in [0.15, 0.2) is 42.5 Å². The van der Waals surface area contributed by atoms with E-state index in [4.69, 9.17) is 15.6 Å². The third-order valence-electron chi connectivity index (χ3n) is 2.66. The summed E-state index contributed by atoms with van der Waals surface area (Å²) < 4.78 is 43.1. The maximum Gasteiger partial charge on any atom is 0.416 e. The molecule has 3 N–H and O–H groups in total. The third kappa shape index (κ3) is 3.25. The predicted octanol–water partition coefficient (Wildman–Crippen LogP) is 3.78. The Morgan fingerprint density at radius 1 is 1.14 bits per heavy atom. The SMILES string of the molecule is Nc1cccc(C(=O)O)c1Oc1cccc(C(F)(F)F)c1. The second-order valence-corrected chi connectivity index (χ2v) is 4.16. The van der Waals surface area contributed by atoms with E-state index >= 15 is 0 Å². The van der Waals surface area contributed by atoms with Gasteiger partial charge in [0.15, 0.2) is 5.75 Å². The molecule has 110 valence electrons. The number of hydrogen-bond acceptors (Lipinski definition) is 3. The average Bonchev–Trinajstić information content (AvgIpc) is 2.40. The minimum Gasteiger partial charge on any atom is -0.478 e. The average molecular weight is 297 g/mol. The van der Waals surface area contributed by atoms with E-state index in [2.05, 4.69) is 0 Å². The lowest BCUT2D eigenvalue weighted by molar-refractivity contribution is -0.137. The van der Waals surface area contributed by atoms with Gasteiger partial charge >= 0.3 is 12.1 Å². The summed E-state index contributed by atoms with van der Waals surface area (Å²) in [4.78, 5) is 11.1. The van der Waals surface area contributed by atoms with E-state index in [1.54, 1.807) is 0 Å². The van der Waals surface area contributed by atoms with Crippen molar-refractivity contribution in [2.24, 2.45) is 0 Å². The molecule has 0 aromatic heterocycles. The maximum atomic E-state index is 12.6. The zero-order valence-electron chi connectivity index (χ0n) is 10.5. The predicted molar refractivity (Wildman–Crippen MR) is 69.3 cm³/mol. The summed E-state index contributed by atoms with van der Waals surface area (Å²) in [5.41, 5.74) is 4.51. The lowest BCUT2D eigenvalue weighted by Gasteiger charge is -2.13. The number of carboxylic acid groups (broad SMARTS) is 1. The number of hydrogen-bond donors (Lipinski definition) is 2. The molecule has 0 heterocycles. The number of nitrogens with two attached hydrogens (primary N) is 1. The van der Waals surface area contributed by atoms with Crippen molar-refractivity contribution in [2.45, 2.75) is 6.18 Å². The summed E-state index contributed by atoms with van der Waals surface area (Å²) in [6.45, 7) is 0. The van der Waals surface area contributed by atoms with Crippen molar-refractivity contribution in [3.8, 4) is 11.5 Å². The second-order valence-electron chi connectivity index (χ2n) is 4.16. The Bertz CT molecular complexity index is 683. The fraction of sp³-hybridized carbons (Fsp3) is 0.0714. The number of benzene rings is 2. The summed E-state index contributed by atoms with van der Waals surface area (Å²) in [7, 11) is 0. The van der Waals surface area contributed by atoms with Crippen LogP contribution in [0, 0.1) is 0 Å². The number of rotatable bonds is 3. The van der Waals surface area contributed by atoms with Crippen molar-refractivity contribution in [3.05, 3.63) is 53.6 Å². The molecule has 2 aromatic rings. The molecule has 0 amide bonds.